The Morgan fingerprint density at radius 2 is 1.68 bits per heavy atom. The zero-order valence-corrected chi connectivity index (χ0v) is 27.2. The summed E-state index contributed by atoms with van der Waals surface area (Å²) >= 11 is 19.9. The summed E-state index contributed by atoms with van der Waals surface area (Å²) in [5.41, 5.74) is 2.30. The second kappa shape index (κ2) is 13.5. The van der Waals surface area contributed by atoms with Gasteiger partial charge in [-0.2, -0.15) is 0 Å². The van der Waals surface area contributed by atoms with Gasteiger partial charge in [0.15, 0.2) is 16.3 Å². The van der Waals surface area contributed by atoms with Crippen LogP contribution in [-0.4, -0.2) is 31.4 Å². The molecule has 1 aliphatic heterocycles. The van der Waals surface area contributed by atoms with Crippen LogP contribution < -0.4 is 29.1 Å². The van der Waals surface area contributed by atoms with Crippen molar-refractivity contribution < 1.29 is 23.7 Å². The van der Waals surface area contributed by atoms with Gasteiger partial charge >= 0.3 is 5.97 Å². The third kappa shape index (κ3) is 6.37. The molecule has 3 aromatic carbocycles. The zero-order valence-electron chi connectivity index (χ0n) is 24.2. The Morgan fingerprint density at radius 3 is 2.39 bits per heavy atom. The Morgan fingerprint density at radius 1 is 0.977 bits per heavy atom. The van der Waals surface area contributed by atoms with Crippen molar-refractivity contribution >= 4 is 58.2 Å². The van der Waals surface area contributed by atoms with Gasteiger partial charge in [0.1, 0.15) is 12.4 Å². The molecular formula is C32H27Cl3N2O6S. The van der Waals surface area contributed by atoms with Crippen molar-refractivity contribution in [2.75, 3.05) is 20.8 Å². The number of halogens is 3. The van der Waals surface area contributed by atoms with Crippen molar-refractivity contribution in [1.82, 2.24) is 4.57 Å². The second-order valence-corrected chi connectivity index (χ2v) is 11.9. The molecule has 1 atom stereocenters. The van der Waals surface area contributed by atoms with Gasteiger partial charge in [0, 0.05) is 26.2 Å². The van der Waals surface area contributed by atoms with E-state index in [1.807, 2.05) is 0 Å². The molecular weight excluding hydrogens is 647 g/mol. The number of aromatic nitrogens is 1. The Balaban J connectivity index is 1.64. The number of carbonyl (C=O) groups is 1. The number of esters is 1. The molecule has 0 spiro atoms. The van der Waals surface area contributed by atoms with E-state index in [0.717, 1.165) is 5.56 Å². The normalized spacial score (nSPS) is 14.6. The van der Waals surface area contributed by atoms with Crippen LogP contribution in [0.3, 0.4) is 0 Å². The molecule has 0 saturated carbocycles. The first-order valence-corrected chi connectivity index (χ1v) is 15.4. The fraction of sp³-hybridized carbons (Fsp3) is 0.219. The lowest BCUT2D eigenvalue weighted by Crippen LogP contribution is -2.40. The lowest BCUT2D eigenvalue weighted by atomic mass is 9.95. The summed E-state index contributed by atoms with van der Waals surface area (Å²) in [6, 6.07) is 14.7. The Labute approximate surface area is 272 Å². The van der Waals surface area contributed by atoms with Crippen LogP contribution in [0.15, 0.2) is 75.7 Å². The van der Waals surface area contributed by atoms with Crippen molar-refractivity contribution in [2.24, 2.45) is 4.99 Å². The smallest absolute Gasteiger partial charge is 0.338 e. The highest BCUT2D eigenvalue weighted by atomic mass is 35.5. The summed E-state index contributed by atoms with van der Waals surface area (Å²) in [4.78, 5) is 32.4. The summed E-state index contributed by atoms with van der Waals surface area (Å²) in [7, 11) is 3.05. The van der Waals surface area contributed by atoms with Crippen LogP contribution in [0.1, 0.15) is 36.6 Å². The number of ether oxygens (including phenoxy) is 4. The number of hydrogen-bond donors (Lipinski definition) is 0. The van der Waals surface area contributed by atoms with Crippen molar-refractivity contribution in [2.45, 2.75) is 26.5 Å². The van der Waals surface area contributed by atoms with E-state index >= 15 is 0 Å². The maximum atomic E-state index is 14.1. The Bertz CT molecular complexity index is 1970. The molecule has 0 amide bonds. The van der Waals surface area contributed by atoms with Gasteiger partial charge in [0.2, 0.25) is 0 Å². The molecule has 0 saturated heterocycles. The zero-order chi connectivity index (χ0) is 31.5. The number of nitrogens with zero attached hydrogens (tertiary/aromatic N) is 2. The van der Waals surface area contributed by atoms with E-state index in [4.69, 9.17) is 53.8 Å². The van der Waals surface area contributed by atoms with E-state index in [9.17, 15) is 9.59 Å². The molecule has 12 heteroatoms. The minimum Gasteiger partial charge on any atom is -0.493 e. The molecule has 0 unspecified atom stereocenters. The maximum Gasteiger partial charge on any atom is 0.338 e. The number of methoxy groups -OCH3 is 2. The number of thiazole rings is 1. The van der Waals surface area contributed by atoms with E-state index in [-0.39, 0.29) is 24.3 Å². The molecule has 0 radical (unpaired) electrons. The highest BCUT2D eigenvalue weighted by Crippen LogP contribution is 2.36. The van der Waals surface area contributed by atoms with Gasteiger partial charge < -0.3 is 18.9 Å². The van der Waals surface area contributed by atoms with Gasteiger partial charge in [-0.05, 0) is 68.0 Å². The number of allylic oxidation sites excluding steroid dienone is 1. The van der Waals surface area contributed by atoms with Gasteiger partial charge in [-0.25, -0.2) is 9.79 Å². The Kier molecular flexibility index (Phi) is 9.70. The van der Waals surface area contributed by atoms with Crippen LogP contribution in [0.25, 0.3) is 6.08 Å². The van der Waals surface area contributed by atoms with Gasteiger partial charge in [0.05, 0.1) is 42.7 Å². The van der Waals surface area contributed by atoms with E-state index in [0.29, 0.717) is 58.5 Å². The molecule has 0 bridgehead atoms. The van der Waals surface area contributed by atoms with Gasteiger partial charge in [-0.1, -0.05) is 58.3 Å². The van der Waals surface area contributed by atoms with E-state index in [1.54, 1.807) is 74.5 Å². The summed E-state index contributed by atoms with van der Waals surface area (Å²) < 4.78 is 24.3. The standard InChI is InChI=1S/C32H27Cl3N2O6S/c1-5-42-31(39)28-17(2)36-32-37(29(28)18-7-10-25(40-3)26(13-18)41-4)30(38)27(44-32)14-20-12-21(33)9-11-24(20)43-16-19-6-8-22(34)15-23(19)35/h6-15,29H,5,16H2,1-4H3/b27-14-/t29-/m1/s1. The molecule has 0 N–H and O–H groups in total. The fourth-order valence-electron chi connectivity index (χ4n) is 4.83. The molecule has 2 heterocycles. The molecule has 0 aliphatic carbocycles. The first-order chi connectivity index (χ1) is 21.1. The average Bonchev–Trinajstić information content (AvgIpc) is 3.30. The first-order valence-electron chi connectivity index (χ1n) is 13.4. The van der Waals surface area contributed by atoms with Crippen LogP contribution in [0, 0.1) is 0 Å². The van der Waals surface area contributed by atoms with E-state index in [1.165, 1.54) is 30.1 Å². The van der Waals surface area contributed by atoms with Gasteiger partial charge in [-0.15, -0.1) is 0 Å². The Hall–Kier alpha value is -3.76. The molecule has 5 rings (SSSR count). The lowest BCUT2D eigenvalue weighted by molar-refractivity contribution is -0.139. The van der Waals surface area contributed by atoms with Crippen molar-refractivity contribution in [1.29, 1.82) is 0 Å². The summed E-state index contributed by atoms with van der Waals surface area (Å²) in [6.45, 7) is 3.78. The summed E-state index contributed by atoms with van der Waals surface area (Å²) in [6.07, 6.45) is 1.70. The fourth-order valence-corrected chi connectivity index (χ4v) is 6.51. The molecule has 1 aromatic heterocycles. The number of benzene rings is 3. The first kappa shape index (κ1) is 31.7. The molecule has 228 valence electrons. The highest BCUT2D eigenvalue weighted by molar-refractivity contribution is 7.07. The molecule has 0 fully saturated rings. The second-order valence-electron chi connectivity index (χ2n) is 9.62. The predicted molar refractivity (Wildman–Crippen MR) is 172 cm³/mol. The quantitative estimate of drug-likeness (QED) is 0.192. The predicted octanol–water partition coefficient (Wildman–Crippen LogP) is 6.35. The van der Waals surface area contributed by atoms with E-state index < -0.39 is 12.0 Å². The van der Waals surface area contributed by atoms with Crippen LogP contribution in [0.4, 0.5) is 0 Å². The van der Waals surface area contributed by atoms with E-state index in [2.05, 4.69) is 4.99 Å². The van der Waals surface area contributed by atoms with Crippen LogP contribution in [0.5, 0.6) is 17.2 Å². The number of rotatable bonds is 9. The third-order valence-corrected chi connectivity index (χ3v) is 8.70. The number of carbonyl (C=O) groups excluding carboxylic acids is 1. The molecule has 4 aromatic rings. The third-order valence-electron chi connectivity index (χ3n) is 6.90. The number of hydrogen-bond acceptors (Lipinski definition) is 8. The maximum absolute atomic E-state index is 14.1. The molecule has 44 heavy (non-hydrogen) atoms. The van der Waals surface area contributed by atoms with Gasteiger partial charge in [-0.3, -0.25) is 9.36 Å². The lowest BCUT2D eigenvalue weighted by Gasteiger charge is -2.25. The highest BCUT2D eigenvalue weighted by Gasteiger charge is 2.34. The minimum atomic E-state index is -0.825. The van der Waals surface area contributed by atoms with Crippen LogP contribution in [-0.2, 0) is 16.1 Å². The topological polar surface area (TPSA) is 88.4 Å². The molecule has 8 nitrogen and oxygen atoms in total. The van der Waals surface area contributed by atoms with Crippen molar-refractivity contribution in [3.05, 3.63) is 117 Å². The van der Waals surface area contributed by atoms with Gasteiger partial charge in [0.25, 0.3) is 5.56 Å². The van der Waals surface area contributed by atoms with Crippen molar-refractivity contribution in [3.8, 4) is 17.2 Å². The average molecular weight is 674 g/mol. The molecule has 1 aliphatic rings. The van der Waals surface area contributed by atoms with Crippen molar-refractivity contribution in [3.63, 3.8) is 0 Å². The summed E-state index contributed by atoms with van der Waals surface area (Å²) in [5, 5.41) is 1.46. The SMILES string of the molecule is CCOC(=O)C1=C(C)N=c2s/c(=C\c3cc(Cl)ccc3OCc3ccc(Cl)cc3Cl)c(=O)n2[C@@H]1c1ccc(OC)c(OC)c1. The van der Waals surface area contributed by atoms with Crippen LogP contribution in [0.2, 0.25) is 15.1 Å². The largest absolute Gasteiger partial charge is 0.493 e. The monoisotopic (exact) mass is 672 g/mol. The number of fused-ring (bicyclic) bond motifs is 1. The minimum absolute atomic E-state index is 0.164. The van der Waals surface area contributed by atoms with Crippen LogP contribution >= 0.6 is 46.1 Å². The summed E-state index contributed by atoms with van der Waals surface area (Å²) in [5.74, 6) is 0.891.